The molecular formula is C14H27NO3. The number of esters is 1. The molecular weight excluding hydrogens is 230 g/mol. The predicted molar refractivity (Wildman–Crippen MR) is 71.2 cm³/mol. The Morgan fingerprint density at radius 2 is 1.89 bits per heavy atom. The Kier molecular flexibility index (Phi) is 7.28. The van der Waals surface area contributed by atoms with Gasteiger partial charge >= 0.3 is 5.97 Å². The molecule has 1 saturated carbocycles. The highest BCUT2D eigenvalue weighted by Crippen LogP contribution is 2.27. The second kappa shape index (κ2) is 8.48. The molecule has 1 atom stereocenters. The van der Waals surface area contributed by atoms with Gasteiger partial charge < -0.3 is 15.2 Å². The molecule has 1 unspecified atom stereocenters. The number of ether oxygens (including phenoxy) is 2. The van der Waals surface area contributed by atoms with E-state index in [1.165, 1.54) is 32.1 Å². The summed E-state index contributed by atoms with van der Waals surface area (Å²) in [6.07, 6.45) is 7.21. The van der Waals surface area contributed by atoms with Crippen molar-refractivity contribution in [1.82, 2.24) is 0 Å². The van der Waals surface area contributed by atoms with Crippen LogP contribution < -0.4 is 5.73 Å². The molecule has 106 valence electrons. The molecule has 0 aliphatic heterocycles. The molecule has 0 bridgehead atoms. The van der Waals surface area contributed by atoms with Crippen LogP contribution in [0.25, 0.3) is 0 Å². The van der Waals surface area contributed by atoms with Crippen LogP contribution in [0, 0.1) is 5.92 Å². The zero-order valence-electron chi connectivity index (χ0n) is 11.7. The van der Waals surface area contributed by atoms with Crippen molar-refractivity contribution in [1.29, 1.82) is 0 Å². The number of carbonyl (C=O) groups is 1. The van der Waals surface area contributed by atoms with E-state index in [2.05, 4.69) is 0 Å². The van der Waals surface area contributed by atoms with E-state index in [0.29, 0.717) is 19.1 Å². The minimum absolute atomic E-state index is 0.166. The Hall–Kier alpha value is -0.610. The SMILES string of the molecule is CC(C)OCCOC(=O)C(N)CC1CCCCC1. The summed E-state index contributed by atoms with van der Waals surface area (Å²) in [5, 5.41) is 0. The molecule has 0 aromatic carbocycles. The van der Waals surface area contributed by atoms with Crippen LogP contribution in [-0.2, 0) is 14.3 Å². The van der Waals surface area contributed by atoms with Gasteiger partial charge in [0.2, 0.25) is 0 Å². The first-order chi connectivity index (χ1) is 8.59. The van der Waals surface area contributed by atoms with Crippen molar-refractivity contribution in [3.8, 4) is 0 Å². The van der Waals surface area contributed by atoms with Gasteiger partial charge in [0, 0.05) is 0 Å². The van der Waals surface area contributed by atoms with Crippen molar-refractivity contribution in [2.75, 3.05) is 13.2 Å². The Bertz CT molecular complexity index is 237. The summed E-state index contributed by atoms with van der Waals surface area (Å²) in [6.45, 7) is 4.65. The average Bonchev–Trinajstić information content (AvgIpc) is 2.35. The fourth-order valence-corrected chi connectivity index (χ4v) is 2.41. The monoisotopic (exact) mass is 257 g/mol. The van der Waals surface area contributed by atoms with Crippen molar-refractivity contribution in [2.45, 2.75) is 64.5 Å². The molecule has 0 heterocycles. The van der Waals surface area contributed by atoms with E-state index in [-0.39, 0.29) is 12.1 Å². The summed E-state index contributed by atoms with van der Waals surface area (Å²) in [6, 6.07) is -0.466. The molecule has 0 radical (unpaired) electrons. The number of hydrogen-bond donors (Lipinski definition) is 1. The van der Waals surface area contributed by atoms with Gasteiger partial charge in [-0.05, 0) is 26.2 Å². The molecule has 18 heavy (non-hydrogen) atoms. The van der Waals surface area contributed by atoms with E-state index in [9.17, 15) is 4.79 Å². The lowest BCUT2D eigenvalue weighted by Crippen LogP contribution is -2.35. The molecule has 4 nitrogen and oxygen atoms in total. The van der Waals surface area contributed by atoms with Crippen LogP contribution in [0.1, 0.15) is 52.4 Å². The average molecular weight is 257 g/mol. The highest BCUT2D eigenvalue weighted by molar-refractivity contribution is 5.75. The van der Waals surface area contributed by atoms with E-state index in [0.717, 1.165) is 6.42 Å². The minimum atomic E-state index is -0.466. The van der Waals surface area contributed by atoms with Gasteiger partial charge in [0.25, 0.3) is 0 Å². The number of nitrogens with two attached hydrogens (primary N) is 1. The van der Waals surface area contributed by atoms with E-state index in [4.69, 9.17) is 15.2 Å². The second-order valence-electron chi connectivity index (χ2n) is 5.43. The Morgan fingerprint density at radius 1 is 1.22 bits per heavy atom. The van der Waals surface area contributed by atoms with Crippen molar-refractivity contribution in [2.24, 2.45) is 11.7 Å². The van der Waals surface area contributed by atoms with Crippen LogP contribution in [0.4, 0.5) is 0 Å². The summed E-state index contributed by atoms with van der Waals surface area (Å²) >= 11 is 0. The third-order valence-electron chi connectivity index (χ3n) is 3.39. The molecule has 0 amide bonds. The fourth-order valence-electron chi connectivity index (χ4n) is 2.41. The Balaban J connectivity index is 2.11. The maximum absolute atomic E-state index is 11.7. The first-order valence-electron chi connectivity index (χ1n) is 7.13. The van der Waals surface area contributed by atoms with E-state index >= 15 is 0 Å². The van der Waals surface area contributed by atoms with Crippen LogP contribution in [0.3, 0.4) is 0 Å². The standard InChI is InChI=1S/C14H27NO3/c1-11(2)17-8-9-18-14(16)13(15)10-12-6-4-3-5-7-12/h11-13H,3-10,15H2,1-2H3. The van der Waals surface area contributed by atoms with Crippen LogP contribution in [-0.4, -0.2) is 31.3 Å². The number of rotatable bonds is 7. The van der Waals surface area contributed by atoms with Crippen molar-refractivity contribution < 1.29 is 14.3 Å². The molecule has 1 fully saturated rings. The largest absolute Gasteiger partial charge is 0.462 e. The van der Waals surface area contributed by atoms with Gasteiger partial charge in [-0.25, -0.2) is 0 Å². The maximum atomic E-state index is 11.7. The van der Waals surface area contributed by atoms with Crippen molar-refractivity contribution in [3.63, 3.8) is 0 Å². The summed E-state index contributed by atoms with van der Waals surface area (Å²) in [4.78, 5) is 11.7. The quantitative estimate of drug-likeness (QED) is 0.561. The topological polar surface area (TPSA) is 61.5 Å². The van der Waals surface area contributed by atoms with Crippen LogP contribution >= 0.6 is 0 Å². The molecule has 1 rings (SSSR count). The summed E-state index contributed by atoms with van der Waals surface area (Å²) < 4.78 is 10.4. The summed E-state index contributed by atoms with van der Waals surface area (Å²) in [5.41, 5.74) is 5.87. The summed E-state index contributed by atoms with van der Waals surface area (Å²) in [5.74, 6) is 0.321. The smallest absolute Gasteiger partial charge is 0.322 e. The Morgan fingerprint density at radius 3 is 2.50 bits per heavy atom. The third-order valence-corrected chi connectivity index (χ3v) is 3.39. The van der Waals surface area contributed by atoms with Gasteiger partial charge in [0.15, 0.2) is 0 Å². The molecule has 0 saturated heterocycles. The van der Waals surface area contributed by atoms with Crippen LogP contribution in [0.15, 0.2) is 0 Å². The number of carbonyl (C=O) groups excluding carboxylic acids is 1. The van der Waals surface area contributed by atoms with E-state index < -0.39 is 6.04 Å². The molecule has 0 aromatic heterocycles. The van der Waals surface area contributed by atoms with Gasteiger partial charge in [-0.15, -0.1) is 0 Å². The highest BCUT2D eigenvalue weighted by Gasteiger charge is 2.22. The molecule has 1 aliphatic rings. The Labute approximate surface area is 110 Å². The lowest BCUT2D eigenvalue weighted by Gasteiger charge is -2.23. The number of hydrogen-bond acceptors (Lipinski definition) is 4. The summed E-state index contributed by atoms with van der Waals surface area (Å²) in [7, 11) is 0. The van der Waals surface area contributed by atoms with Gasteiger partial charge in [0.05, 0.1) is 12.7 Å². The molecule has 0 aromatic rings. The second-order valence-corrected chi connectivity index (χ2v) is 5.43. The zero-order chi connectivity index (χ0) is 13.4. The van der Waals surface area contributed by atoms with Crippen LogP contribution in [0.5, 0.6) is 0 Å². The lowest BCUT2D eigenvalue weighted by atomic mass is 9.85. The van der Waals surface area contributed by atoms with Crippen molar-refractivity contribution in [3.05, 3.63) is 0 Å². The zero-order valence-corrected chi connectivity index (χ0v) is 11.7. The third kappa shape index (κ3) is 6.36. The van der Waals surface area contributed by atoms with E-state index in [1.807, 2.05) is 13.8 Å². The van der Waals surface area contributed by atoms with Crippen LogP contribution in [0.2, 0.25) is 0 Å². The van der Waals surface area contributed by atoms with E-state index in [1.54, 1.807) is 0 Å². The molecule has 1 aliphatic carbocycles. The van der Waals surface area contributed by atoms with Crippen molar-refractivity contribution >= 4 is 5.97 Å². The first kappa shape index (κ1) is 15.4. The minimum Gasteiger partial charge on any atom is -0.462 e. The molecule has 0 spiro atoms. The lowest BCUT2D eigenvalue weighted by molar-refractivity contribution is -0.147. The van der Waals surface area contributed by atoms with Gasteiger partial charge in [-0.1, -0.05) is 32.1 Å². The molecule has 4 heteroatoms. The first-order valence-corrected chi connectivity index (χ1v) is 7.13. The normalized spacial score (nSPS) is 18.9. The molecule has 2 N–H and O–H groups in total. The van der Waals surface area contributed by atoms with Gasteiger partial charge in [0.1, 0.15) is 12.6 Å². The highest BCUT2D eigenvalue weighted by atomic mass is 16.6. The maximum Gasteiger partial charge on any atom is 0.322 e. The predicted octanol–water partition coefficient (Wildman–Crippen LogP) is 2.25. The van der Waals surface area contributed by atoms with Gasteiger partial charge in [-0.2, -0.15) is 0 Å². The van der Waals surface area contributed by atoms with Gasteiger partial charge in [-0.3, -0.25) is 4.79 Å². The fraction of sp³-hybridized carbons (Fsp3) is 0.929.